The number of pyridine rings is 1. The van der Waals surface area contributed by atoms with Gasteiger partial charge in [0.2, 0.25) is 11.8 Å². The van der Waals surface area contributed by atoms with Crippen molar-refractivity contribution in [2.24, 2.45) is 5.73 Å². The summed E-state index contributed by atoms with van der Waals surface area (Å²) in [6.45, 7) is 1.38. The second-order valence-corrected chi connectivity index (χ2v) is 9.63. The molecule has 1 atom stereocenters. The van der Waals surface area contributed by atoms with Crippen molar-refractivity contribution in [1.82, 2.24) is 19.9 Å². The van der Waals surface area contributed by atoms with Crippen LogP contribution in [-0.4, -0.2) is 57.1 Å². The number of nitrogens with two attached hydrogens (primary N) is 1. The van der Waals surface area contributed by atoms with Crippen LogP contribution in [0.2, 0.25) is 0 Å². The van der Waals surface area contributed by atoms with Crippen molar-refractivity contribution < 1.29 is 36.6 Å². The number of carbonyl (C=O) groups is 1. The van der Waals surface area contributed by atoms with Crippen molar-refractivity contribution in [3.63, 3.8) is 0 Å². The minimum atomic E-state index is -4.67. The molecule has 1 amide bonds. The summed E-state index contributed by atoms with van der Waals surface area (Å²) in [5.41, 5.74) is 3.36. The number of aromatic nitrogens is 3. The van der Waals surface area contributed by atoms with E-state index < -0.39 is 48.0 Å². The fourth-order valence-electron chi connectivity index (χ4n) is 4.62. The Bertz CT molecular complexity index is 1340. The fraction of sp³-hybridized carbons (Fsp3) is 0.407. The van der Waals surface area contributed by atoms with Crippen LogP contribution in [0.4, 0.5) is 22.0 Å². The minimum Gasteiger partial charge on any atom is -0.474 e. The fourth-order valence-corrected chi connectivity index (χ4v) is 4.62. The van der Waals surface area contributed by atoms with E-state index in [-0.39, 0.29) is 42.6 Å². The monoisotopic (exact) mass is 565 g/mol. The second kappa shape index (κ2) is 11.8. The van der Waals surface area contributed by atoms with Gasteiger partial charge in [-0.2, -0.15) is 13.2 Å². The zero-order valence-electron chi connectivity index (χ0n) is 21.6. The highest BCUT2D eigenvalue weighted by molar-refractivity contribution is 5.79. The first-order chi connectivity index (χ1) is 18.9. The van der Waals surface area contributed by atoms with Crippen LogP contribution in [0, 0.1) is 18.6 Å². The molecule has 0 radical (unpaired) electrons. The molecule has 0 saturated carbocycles. The van der Waals surface area contributed by atoms with Crippen LogP contribution in [-0.2, 0) is 23.0 Å². The summed E-state index contributed by atoms with van der Waals surface area (Å²) >= 11 is 0. The molecule has 2 aromatic heterocycles. The number of halogens is 5. The van der Waals surface area contributed by atoms with E-state index in [0.717, 1.165) is 24.3 Å². The van der Waals surface area contributed by atoms with Crippen molar-refractivity contribution >= 4 is 5.91 Å². The van der Waals surface area contributed by atoms with Crippen LogP contribution in [0.3, 0.4) is 0 Å². The molecule has 3 N–H and O–H groups in total. The number of piperidine rings is 1. The Morgan fingerprint density at radius 2 is 1.75 bits per heavy atom. The number of carbonyl (C=O) groups excluding carboxylic acids is 1. The lowest BCUT2D eigenvalue weighted by Crippen LogP contribution is -2.43. The Balaban J connectivity index is 1.48. The molecule has 0 spiro atoms. The molecule has 40 heavy (non-hydrogen) atoms. The molecule has 1 aliphatic heterocycles. The smallest absolute Gasteiger partial charge is 0.433 e. The van der Waals surface area contributed by atoms with Crippen LogP contribution >= 0.6 is 0 Å². The summed E-state index contributed by atoms with van der Waals surface area (Å²) in [5, 5.41) is 11.4. The van der Waals surface area contributed by atoms with Crippen LogP contribution < -0.4 is 10.5 Å². The maximum absolute atomic E-state index is 14.0. The Morgan fingerprint density at radius 3 is 2.38 bits per heavy atom. The van der Waals surface area contributed by atoms with E-state index in [1.807, 2.05) is 0 Å². The molecule has 1 aliphatic rings. The van der Waals surface area contributed by atoms with Gasteiger partial charge in [0.25, 0.3) is 0 Å². The number of aryl methyl sites for hydroxylation is 1. The normalized spacial score (nSPS) is 16.1. The van der Waals surface area contributed by atoms with Gasteiger partial charge in [0.05, 0.1) is 12.1 Å². The lowest BCUT2D eigenvalue weighted by atomic mass is 9.84. The molecular formula is C27H28F5N5O3. The first-order valence-corrected chi connectivity index (χ1v) is 12.6. The maximum atomic E-state index is 14.0. The zero-order valence-corrected chi connectivity index (χ0v) is 21.6. The van der Waals surface area contributed by atoms with Crippen LogP contribution in [0.25, 0.3) is 0 Å². The summed E-state index contributed by atoms with van der Waals surface area (Å²) in [5.74, 6) is -2.12. The Hall–Kier alpha value is -3.71. The molecule has 8 nitrogen and oxygen atoms in total. The summed E-state index contributed by atoms with van der Waals surface area (Å²) in [6.07, 6.45) is -2.79. The van der Waals surface area contributed by atoms with Crippen molar-refractivity contribution in [2.45, 2.75) is 43.9 Å². The number of rotatable bonds is 8. The van der Waals surface area contributed by atoms with Gasteiger partial charge < -0.3 is 20.5 Å². The predicted molar refractivity (Wildman–Crippen MR) is 133 cm³/mol. The van der Waals surface area contributed by atoms with E-state index in [9.17, 15) is 31.9 Å². The third-order valence-electron chi connectivity index (χ3n) is 6.87. The van der Waals surface area contributed by atoms with Gasteiger partial charge in [0, 0.05) is 48.9 Å². The van der Waals surface area contributed by atoms with Crippen molar-refractivity contribution in [3.8, 4) is 5.88 Å². The van der Waals surface area contributed by atoms with Gasteiger partial charge in [-0.3, -0.25) is 4.79 Å². The van der Waals surface area contributed by atoms with E-state index in [1.54, 1.807) is 6.92 Å². The van der Waals surface area contributed by atoms with Gasteiger partial charge in [0.15, 0.2) is 0 Å². The first kappa shape index (κ1) is 29.3. The number of nitrogens with zero attached hydrogens (tertiary/aromatic N) is 4. The third kappa shape index (κ3) is 6.53. The minimum absolute atomic E-state index is 0.226. The molecular weight excluding hydrogens is 537 g/mol. The van der Waals surface area contributed by atoms with Crippen LogP contribution in [0.1, 0.15) is 47.1 Å². The summed E-state index contributed by atoms with van der Waals surface area (Å²) < 4.78 is 72.5. The molecule has 1 saturated heterocycles. The summed E-state index contributed by atoms with van der Waals surface area (Å²) in [4.78, 5) is 26.4. The Kier molecular flexibility index (Phi) is 8.64. The van der Waals surface area contributed by atoms with Crippen LogP contribution in [0.5, 0.6) is 5.88 Å². The van der Waals surface area contributed by atoms with Crippen molar-refractivity contribution in [1.29, 1.82) is 0 Å². The average Bonchev–Trinajstić information content (AvgIpc) is 2.93. The van der Waals surface area contributed by atoms with Crippen molar-refractivity contribution in [3.05, 3.63) is 82.6 Å². The van der Waals surface area contributed by atoms with E-state index in [4.69, 9.17) is 10.5 Å². The average molecular weight is 566 g/mol. The van der Waals surface area contributed by atoms with E-state index in [0.29, 0.717) is 24.4 Å². The third-order valence-corrected chi connectivity index (χ3v) is 6.87. The number of amides is 1. The Morgan fingerprint density at radius 1 is 1.10 bits per heavy atom. The largest absolute Gasteiger partial charge is 0.474 e. The highest BCUT2D eigenvalue weighted by Gasteiger charge is 2.37. The quantitative estimate of drug-likeness (QED) is 0.401. The molecule has 13 heteroatoms. The number of aliphatic hydroxyl groups is 1. The second-order valence-electron chi connectivity index (χ2n) is 9.63. The topological polar surface area (TPSA) is 114 Å². The number of likely N-dealkylation sites (tertiary alicyclic amines) is 1. The molecule has 3 heterocycles. The lowest BCUT2D eigenvalue weighted by molar-refractivity contribution is -0.141. The molecule has 1 aromatic carbocycles. The molecule has 4 rings (SSSR count). The van der Waals surface area contributed by atoms with Crippen molar-refractivity contribution in [2.75, 3.05) is 26.2 Å². The number of benzene rings is 1. The van der Waals surface area contributed by atoms with E-state index in [2.05, 4.69) is 15.0 Å². The zero-order chi connectivity index (χ0) is 29.1. The molecule has 1 unspecified atom stereocenters. The summed E-state index contributed by atoms with van der Waals surface area (Å²) in [6, 6.07) is 6.61. The van der Waals surface area contributed by atoms with E-state index >= 15 is 0 Å². The van der Waals surface area contributed by atoms with E-state index in [1.165, 1.54) is 23.2 Å². The lowest BCUT2D eigenvalue weighted by Gasteiger charge is -2.35. The molecule has 0 aliphatic carbocycles. The van der Waals surface area contributed by atoms with Crippen LogP contribution in [0.15, 0.2) is 42.6 Å². The first-order valence-electron chi connectivity index (χ1n) is 12.6. The summed E-state index contributed by atoms with van der Waals surface area (Å²) in [7, 11) is 0. The number of ether oxygens (including phenoxy) is 1. The molecule has 0 bridgehead atoms. The molecule has 1 fully saturated rings. The number of alkyl halides is 3. The number of hydrogen-bond acceptors (Lipinski definition) is 7. The number of hydrogen-bond donors (Lipinski definition) is 2. The highest BCUT2D eigenvalue weighted by atomic mass is 19.4. The maximum Gasteiger partial charge on any atom is 0.433 e. The standard InChI is InChI=1S/C27H28F5N5O3/c1-16-34-13-19(26(39,14-33)15-40-23-7-3-6-22(36-23)27(30,31)32)25(35-16)17-8-10-37(11-9-17)24(38)12-18-20(28)4-2-5-21(18)29/h2-7,13,17,39H,8-12,14-15,33H2,1H3. The SMILES string of the molecule is Cc1ncc(C(O)(CN)COc2cccc(C(F)(F)F)n2)c(C2CCN(C(=O)Cc3c(F)cccc3F)CC2)n1. The molecule has 214 valence electrons. The van der Waals surface area contributed by atoms with Gasteiger partial charge >= 0.3 is 6.18 Å². The molecule has 3 aromatic rings. The predicted octanol–water partition coefficient (Wildman–Crippen LogP) is 3.65. The van der Waals surface area contributed by atoms with Gasteiger partial charge in [-0.25, -0.2) is 23.7 Å². The van der Waals surface area contributed by atoms with Gasteiger partial charge in [-0.05, 0) is 38.0 Å². The van der Waals surface area contributed by atoms with Gasteiger partial charge in [-0.1, -0.05) is 12.1 Å². The Labute approximate surface area is 227 Å². The van der Waals surface area contributed by atoms with Gasteiger partial charge in [-0.15, -0.1) is 0 Å². The van der Waals surface area contributed by atoms with Gasteiger partial charge in [0.1, 0.15) is 35.4 Å². The highest BCUT2D eigenvalue weighted by Crippen LogP contribution is 2.35.